The van der Waals surface area contributed by atoms with Crippen molar-refractivity contribution < 1.29 is 18.3 Å². The van der Waals surface area contributed by atoms with Gasteiger partial charge in [0.05, 0.1) is 33.6 Å². The third kappa shape index (κ3) is 14.0. The van der Waals surface area contributed by atoms with Crippen LogP contribution in [0, 0.1) is 24.8 Å². The molecule has 0 aliphatic carbocycles. The van der Waals surface area contributed by atoms with E-state index in [1.54, 1.807) is 6.07 Å². The summed E-state index contributed by atoms with van der Waals surface area (Å²) in [6.45, 7) is 15.4. The summed E-state index contributed by atoms with van der Waals surface area (Å²) in [6, 6.07) is 10.2. The van der Waals surface area contributed by atoms with Crippen molar-refractivity contribution in [3.8, 4) is 6.07 Å². The van der Waals surface area contributed by atoms with Gasteiger partial charge < -0.3 is 15.3 Å². The maximum Gasteiger partial charge on any atom is 0.274 e. The lowest BCUT2D eigenvalue weighted by Crippen LogP contribution is -2.33. The summed E-state index contributed by atoms with van der Waals surface area (Å²) in [4.78, 5) is 24.7. The van der Waals surface area contributed by atoms with E-state index in [9.17, 15) is 23.6 Å². The van der Waals surface area contributed by atoms with E-state index in [4.69, 9.17) is 34.8 Å². The highest BCUT2D eigenvalue weighted by Crippen LogP contribution is 2.45. The van der Waals surface area contributed by atoms with Gasteiger partial charge >= 0.3 is 0 Å². The zero-order valence-corrected chi connectivity index (χ0v) is 41.2. The van der Waals surface area contributed by atoms with Crippen molar-refractivity contribution in [3.63, 3.8) is 0 Å². The smallest absolute Gasteiger partial charge is 0.274 e. The average molecular weight is 1060 g/mol. The number of hydrogen-bond donors (Lipinski definition) is 2. The molecule has 0 fully saturated rings. The molecule has 1 amide bonds. The monoisotopic (exact) mass is 1060 g/mol. The number of nitriles is 1. The molecule has 0 aliphatic heterocycles. The average Bonchev–Trinajstić information content (AvgIpc) is 3.20. The first kappa shape index (κ1) is 50.8. The molecule has 2 N–H and O–H groups in total. The molecule has 3 aromatic carbocycles. The zero-order valence-electron chi connectivity index (χ0n) is 34.1. The summed E-state index contributed by atoms with van der Waals surface area (Å²) in [5.74, 6) is -0.765. The van der Waals surface area contributed by atoms with Crippen LogP contribution in [0.1, 0.15) is 114 Å². The Hall–Kier alpha value is -2.53. The Bertz CT molecular complexity index is 2100. The van der Waals surface area contributed by atoms with Gasteiger partial charge in [-0.2, -0.15) is 9.57 Å². The number of sulfonamides is 1. The predicted octanol–water partition coefficient (Wildman–Crippen LogP) is 13.3. The van der Waals surface area contributed by atoms with Crippen LogP contribution in [0.25, 0.3) is 4.85 Å². The van der Waals surface area contributed by atoms with Gasteiger partial charge in [0.25, 0.3) is 5.91 Å². The van der Waals surface area contributed by atoms with Crippen molar-refractivity contribution in [2.75, 3.05) is 43.5 Å². The van der Waals surface area contributed by atoms with E-state index >= 15 is 0 Å². The molecule has 3 aromatic rings. The SMILES string of the molecule is [C-]#[N+]c1c(Br)c(C#N)c(Br)c(C(=Nc2ccc(N(C)CCCO)cc2C)C(=O)Nc2cc(Cl)c(S(=O)(=O)N(CCCCCCCC)CCCCCCCC)cc2Cl)c1Br. The number of anilines is 2. The van der Waals surface area contributed by atoms with Crippen molar-refractivity contribution in [1.82, 2.24) is 4.31 Å². The van der Waals surface area contributed by atoms with E-state index in [0.717, 1.165) is 88.3 Å². The minimum Gasteiger partial charge on any atom is -0.396 e. The van der Waals surface area contributed by atoms with Gasteiger partial charge in [-0.3, -0.25) is 4.79 Å². The molecular weight excluding hydrogens is 1010 g/mol. The molecule has 0 unspecified atom stereocenters. The Morgan fingerprint density at radius 1 is 0.881 bits per heavy atom. The summed E-state index contributed by atoms with van der Waals surface area (Å²) in [7, 11) is -2.15. The summed E-state index contributed by atoms with van der Waals surface area (Å²) < 4.78 is 30.6. The first-order valence-electron chi connectivity index (χ1n) is 20.0. The van der Waals surface area contributed by atoms with Crippen molar-refractivity contribution in [2.45, 2.75) is 109 Å². The lowest BCUT2D eigenvalue weighted by atomic mass is 10.0. The predicted molar refractivity (Wildman–Crippen MR) is 253 cm³/mol. The third-order valence-electron chi connectivity index (χ3n) is 9.88. The molecule has 0 saturated carbocycles. The van der Waals surface area contributed by atoms with Gasteiger partial charge in [-0.15, -0.1) is 0 Å². The molecule has 3 rings (SSSR count). The van der Waals surface area contributed by atoms with Crippen LogP contribution in [-0.2, 0) is 14.8 Å². The molecule has 0 atom stereocenters. The van der Waals surface area contributed by atoms with Gasteiger partial charge in [0.2, 0.25) is 15.7 Å². The zero-order chi connectivity index (χ0) is 43.7. The van der Waals surface area contributed by atoms with Gasteiger partial charge in [-0.25, -0.2) is 18.3 Å². The van der Waals surface area contributed by atoms with Crippen LogP contribution in [0.4, 0.5) is 22.7 Å². The Kier molecular flexibility index (Phi) is 21.9. The normalized spacial score (nSPS) is 11.8. The number of aliphatic imine (C=N–C) groups is 1. The molecule has 320 valence electrons. The van der Waals surface area contributed by atoms with E-state index in [-0.39, 0.29) is 63.2 Å². The number of benzene rings is 3. The molecule has 16 heteroatoms. The van der Waals surface area contributed by atoms with Crippen molar-refractivity contribution in [3.05, 3.63) is 81.9 Å². The highest BCUT2D eigenvalue weighted by Gasteiger charge is 2.30. The summed E-state index contributed by atoms with van der Waals surface area (Å²) >= 11 is 23.9. The van der Waals surface area contributed by atoms with Crippen LogP contribution in [0.3, 0.4) is 0 Å². The molecule has 0 radical (unpaired) electrons. The highest BCUT2D eigenvalue weighted by molar-refractivity contribution is 9.11. The van der Waals surface area contributed by atoms with Crippen molar-refractivity contribution in [2.24, 2.45) is 4.99 Å². The number of aliphatic hydroxyl groups excluding tert-OH is 1. The van der Waals surface area contributed by atoms with Gasteiger partial charge in [0, 0.05) is 58.0 Å². The van der Waals surface area contributed by atoms with E-state index in [1.165, 1.54) is 16.4 Å². The topological polar surface area (TPSA) is 130 Å². The Labute approximate surface area is 386 Å². The van der Waals surface area contributed by atoms with Crippen LogP contribution >= 0.6 is 71.0 Å². The number of nitrogens with one attached hydrogen (secondary N) is 1. The second kappa shape index (κ2) is 25.4. The number of carbonyl (C=O) groups is 1. The number of nitrogens with zero attached hydrogens (tertiary/aromatic N) is 5. The minimum absolute atomic E-state index is 0.0413. The number of amides is 1. The third-order valence-corrected chi connectivity index (χ3v) is 14.9. The summed E-state index contributed by atoms with van der Waals surface area (Å²) in [5, 5.41) is 22.0. The van der Waals surface area contributed by atoms with Crippen LogP contribution < -0.4 is 10.2 Å². The largest absolute Gasteiger partial charge is 0.396 e. The standard InChI is InChI=1S/C43H53Br3Cl2N6O4S/c1-6-8-10-12-14-16-22-54(23-17-15-13-11-9-7-2)59(57,58)36-27-32(47)35(26-33(36)48)52-43(56)41(37-38(44)31(28-49)39(45)42(50-4)40(37)46)51-34-20-19-30(25-29(34)3)53(5)21-18-24-55/h19-20,25-27,55H,6-18,21-24H2,1-3,5H3,(H,52,56). The van der Waals surface area contributed by atoms with E-state index in [0.29, 0.717) is 31.7 Å². The number of aliphatic hydroxyl groups is 1. The number of aryl methyl sites for hydroxylation is 1. The lowest BCUT2D eigenvalue weighted by Gasteiger charge is -2.23. The van der Waals surface area contributed by atoms with Crippen LogP contribution in [-0.4, -0.2) is 62.7 Å². The fourth-order valence-electron chi connectivity index (χ4n) is 6.47. The Balaban J connectivity index is 2.08. The number of hydrogen-bond acceptors (Lipinski definition) is 7. The van der Waals surface area contributed by atoms with Gasteiger partial charge in [0.1, 0.15) is 16.7 Å². The Morgan fingerprint density at radius 3 is 2.02 bits per heavy atom. The number of carbonyl (C=O) groups excluding carboxylic acids is 1. The quantitative estimate of drug-likeness (QED) is 0.0522. The maximum atomic E-state index is 14.5. The van der Waals surface area contributed by atoms with Crippen molar-refractivity contribution >= 4 is 115 Å². The molecule has 0 bridgehead atoms. The molecule has 0 spiro atoms. The fraction of sp³-hybridized carbons (Fsp3) is 0.488. The molecule has 0 aliphatic rings. The number of halogens is 5. The molecule has 59 heavy (non-hydrogen) atoms. The number of rotatable bonds is 24. The Morgan fingerprint density at radius 2 is 1.47 bits per heavy atom. The van der Waals surface area contributed by atoms with E-state index < -0.39 is 15.9 Å². The maximum absolute atomic E-state index is 14.5. The lowest BCUT2D eigenvalue weighted by molar-refractivity contribution is -0.110. The van der Waals surface area contributed by atoms with Gasteiger partial charge in [0.15, 0.2) is 0 Å². The molecular formula is C43H53Br3Cl2N6O4S. The van der Waals surface area contributed by atoms with Crippen LogP contribution in [0.15, 0.2) is 53.6 Å². The minimum atomic E-state index is -4.06. The van der Waals surface area contributed by atoms with Crippen LogP contribution in [0.2, 0.25) is 10.0 Å². The van der Waals surface area contributed by atoms with Crippen LogP contribution in [0.5, 0.6) is 0 Å². The molecule has 0 aromatic heterocycles. The first-order chi connectivity index (χ1) is 28.2. The van der Waals surface area contributed by atoms with Crippen molar-refractivity contribution in [1.29, 1.82) is 5.26 Å². The van der Waals surface area contributed by atoms with Gasteiger partial charge in [-0.05, 0) is 78.0 Å². The molecule has 10 nitrogen and oxygen atoms in total. The highest BCUT2D eigenvalue weighted by atomic mass is 79.9. The van der Waals surface area contributed by atoms with E-state index in [2.05, 4.69) is 77.9 Å². The summed E-state index contributed by atoms with van der Waals surface area (Å²) in [5.41, 5.74) is 2.17. The fourth-order valence-corrected chi connectivity index (χ4v) is 11.5. The van der Waals surface area contributed by atoms with Gasteiger partial charge in [-0.1, -0.05) is 133 Å². The molecule has 0 saturated heterocycles. The second-order valence-electron chi connectivity index (χ2n) is 14.4. The second-order valence-corrected chi connectivity index (χ2v) is 19.5. The first-order valence-corrected chi connectivity index (χ1v) is 24.6. The number of unbranched alkanes of at least 4 members (excludes halogenated alkanes) is 10. The van der Waals surface area contributed by atoms with E-state index in [1.807, 2.05) is 31.0 Å². The molecule has 0 heterocycles. The summed E-state index contributed by atoms with van der Waals surface area (Å²) in [6.07, 6.45) is 12.8.